The molecule has 3 nitrogen and oxygen atoms in total. The van der Waals surface area contributed by atoms with Crippen molar-refractivity contribution in [3.63, 3.8) is 0 Å². The van der Waals surface area contributed by atoms with Gasteiger partial charge in [0.25, 0.3) is 0 Å². The van der Waals surface area contributed by atoms with Crippen molar-refractivity contribution in [2.24, 2.45) is 0 Å². The van der Waals surface area contributed by atoms with Gasteiger partial charge in [-0.15, -0.1) is 6.58 Å². The lowest BCUT2D eigenvalue weighted by atomic mass is 9.98. The maximum Gasteiger partial charge on any atom is 0.323 e. The van der Waals surface area contributed by atoms with Crippen LogP contribution in [-0.4, -0.2) is 22.7 Å². The van der Waals surface area contributed by atoms with Crippen molar-refractivity contribution in [1.29, 1.82) is 0 Å². The van der Waals surface area contributed by atoms with Gasteiger partial charge in [-0.1, -0.05) is 13.0 Å². The molecule has 0 fully saturated rings. The highest BCUT2D eigenvalue weighted by atomic mass is 16.4. The van der Waals surface area contributed by atoms with Crippen LogP contribution in [-0.2, 0) is 4.79 Å². The van der Waals surface area contributed by atoms with Gasteiger partial charge in [-0.3, -0.25) is 10.1 Å². The Kier molecular flexibility index (Phi) is 3.96. The van der Waals surface area contributed by atoms with Crippen LogP contribution in [0.25, 0.3) is 0 Å². The summed E-state index contributed by atoms with van der Waals surface area (Å²) in [4.78, 5) is 10.8. The van der Waals surface area contributed by atoms with Gasteiger partial charge in [-0.25, -0.2) is 0 Å². The normalized spacial score (nSPS) is 17.9. The van der Waals surface area contributed by atoms with E-state index in [1.165, 1.54) is 0 Å². The third-order valence-corrected chi connectivity index (χ3v) is 2.08. The maximum absolute atomic E-state index is 10.8. The Morgan fingerprint density at radius 2 is 2.33 bits per heavy atom. The molecule has 0 aromatic rings. The molecule has 0 radical (unpaired) electrons. The third-order valence-electron chi connectivity index (χ3n) is 2.08. The van der Waals surface area contributed by atoms with Crippen molar-refractivity contribution >= 4 is 5.97 Å². The molecule has 0 heterocycles. The minimum atomic E-state index is -0.840. The van der Waals surface area contributed by atoms with Crippen LogP contribution in [0.3, 0.4) is 0 Å². The number of aliphatic carboxylic acids is 1. The first-order valence-corrected chi connectivity index (χ1v) is 4.10. The first-order valence-electron chi connectivity index (χ1n) is 4.10. The number of carboxylic acid groups (broad SMARTS) is 1. The van der Waals surface area contributed by atoms with E-state index < -0.39 is 11.5 Å². The van der Waals surface area contributed by atoms with E-state index in [0.717, 1.165) is 0 Å². The number of carboxylic acids is 1. The van der Waals surface area contributed by atoms with Crippen LogP contribution in [0.15, 0.2) is 12.7 Å². The zero-order chi connectivity index (χ0) is 9.78. The van der Waals surface area contributed by atoms with Crippen LogP contribution < -0.4 is 5.32 Å². The van der Waals surface area contributed by atoms with E-state index in [2.05, 4.69) is 11.9 Å². The maximum atomic E-state index is 10.8. The van der Waals surface area contributed by atoms with Crippen LogP contribution in [0.5, 0.6) is 0 Å². The van der Waals surface area contributed by atoms with Gasteiger partial charge in [0.2, 0.25) is 0 Å². The fourth-order valence-electron chi connectivity index (χ4n) is 0.876. The lowest BCUT2D eigenvalue weighted by Crippen LogP contribution is -2.52. The van der Waals surface area contributed by atoms with Gasteiger partial charge in [0.05, 0.1) is 0 Å². The average molecular weight is 171 g/mol. The van der Waals surface area contributed by atoms with Gasteiger partial charge in [0.1, 0.15) is 5.54 Å². The third kappa shape index (κ3) is 2.66. The number of rotatable bonds is 5. The quantitative estimate of drug-likeness (QED) is 0.615. The van der Waals surface area contributed by atoms with Crippen molar-refractivity contribution in [1.82, 2.24) is 5.32 Å². The summed E-state index contributed by atoms with van der Waals surface area (Å²) >= 11 is 0. The molecule has 0 saturated carbocycles. The molecule has 0 aromatic heterocycles. The Labute approximate surface area is 73.5 Å². The predicted molar refractivity (Wildman–Crippen MR) is 49.1 cm³/mol. The molecule has 0 spiro atoms. The second-order valence-electron chi connectivity index (χ2n) is 3.16. The summed E-state index contributed by atoms with van der Waals surface area (Å²) in [5, 5.41) is 11.9. The largest absolute Gasteiger partial charge is 0.480 e. The summed E-state index contributed by atoms with van der Waals surface area (Å²) in [5.74, 6) is -0.821. The Hall–Kier alpha value is -0.830. The lowest BCUT2D eigenvalue weighted by Gasteiger charge is -2.27. The molecular formula is C9H17NO2. The molecule has 2 N–H and O–H groups in total. The zero-order valence-electron chi connectivity index (χ0n) is 7.92. The summed E-state index contributed by atoms with van der Waals surface area (Å²) in [7, 11) is 0. The van der Waals surface area contributed by atoms with E-state index in [9.17, 15) is 4.79 Å². The van der Waals surface area contributed by atoms with Crippen LogP contribution in [0.1, 0.15) is 27.2 Å². The molecule has 2 unspecified atom stereocenters. The molecule has 0 aliphatic heterocycles. The fourth-order valence-corrected chi connectivity index (χ4v) is 0.876. The number of nitrogens with one attached hydrogen (secondary N) is 1. The Morgan fingerprint density at radius 3 is 2.58 bits per heavy atom. The summed E-state index contributed by atoms with van der Waals surface area (Å²) in [6.07, 6.45) is 2.25. The van der Waals surface area contributed by atoms with E-state index >= 15 is 0 Å². The van der Waals surface area contributed by atoms with Crippen molar-refractivity contribution in [3.8, 4) is 0 Å². The van der Waals surface area contributed by atoms with Crippen LogP contribution in [0.4, 0.5) is 0 Å². The van der Waals surface area contributed by atoms with E-state index in [4.69, 9.17) is 5.11 Å². The Balaban J connectivity index is 4.33. The average Bonchev–Trinajstić information content (AvgIpc) is 2.03. The summed E-state index contributed by atoms with van der Waals surface area (Å²) in [6, 6.07) is 0.0195. The molecule has 0 aliphatic rings. The van der Waals surface area contributed by atoms with Crippen molar-refractivity contribution in [3.05, 3.63) is 12.7 Å². The fraction of sp³-hybridized carbons (Fsp3) is 0.667. The van der Waals surface area contributed by atoms with E-state index in [0.29, 0.717) is 6.42 Å². The van der Waals surface area contributed by atoms with Gasteiger partial charge < -0.3 is 5.11 Å². The molecule has 0 amide bonds. The van der Waals surface area contributed by atoms with E-state index in [1.807, 2.05) is 13.8 Å². The molecular weight excluding hydrogens is 154 g/mol. The monoisotopic (exact) mass is 171 g/mol. The Morgan fingerprint density at radius 1 is 1.83 bits per heavy atom. The molecule has 2 atom stereocenters. The SMILES string of the molecule is C=CC(C)NC(C)(CC)C(=O)O. The molecule has 0 rings (SSSR count). The smallest absolute Gasteiger partial charge is 0.323 e. The molecule has 0 aromatic carbocycles. The highest BCUT2D eigenvalue weighted by Gasteiger charge is 2.31. The number of hydrogen-bond acceptors (Lipinski definition) is 2. The highest BCUT2D eigenvalue weighted by molar-refractivity contribution is 5.78. The molecule has 0 aliphatic carbocycles. The van der Waals surface area contributed by atoms with Gasteiger partial charge in [0, 0.05) is 6.04 Å². The second-order valence-corrected chi connectivity index (χ2v) is 3.16. The van der Waals surface area contributed by atoms with Crippen molar-refractivity contribution in [2.75, 3.05) is 0 Å². The van der Waals surface area contributed by atoms with Gasteiger partial charge >= 0.3 is 5.97 Å². The molecule has 0 bridgehead atoms. The highest BCUT2D eigenvalue weighted by Crippen LogP contribution is 2.10. The molecule has 3 heteroatoms. The van der Waals surface area contributed by atoms with Crippen molar-refractivity contribution < 1.29 is 9.90 Å². The number of hydrogen-bond donors (Lipinski definition) is 2. The van der Waals surface area contributed by atoms with E-state index in [-0.39, 0.29) is 6.04 Å². The van der Waals surface area contributed by atoms with Crippen molar-refractivity contribution in [2.45, 2.75) is 38.8 Å². The van der Waals surface area contributed by atoms with Gasteiger partial charge in [-0.05, 0) is 20.3 Å². The first kappa shape index (κ1) is 11.2. The number of carbonyl (C=O) groups is 1. The predicted octanol–water partition coefficient (Wildman–Crippen LogP) is 1.40. The summed E-state index contributed by atoms with van der Waals surface area (Å²) in [5.41, 5.74) is -0.840. The minimum absolute atomic E-state index is 0.0195. The molecule has 12 heavy (non-hydrogen) atoms. The summed E-state index contributed by atoms with van der Waals surface area (Å²) in [6.45, 7) is 8.98. The minimum Gasteiger partial charge on any atom is -0.480 e. The Bertz CT molecular complexity index is 179. The first-order chi connectivity index (χ1) is 5.46. The topological polar surface area (TPSA) is 49.3 Å². The van der Waals surface area contributed by atoms with E-state index in [1.54, 1.807) is 13.0 Å². The van der Waals surface area contributed by atoms with Gasteiger partial charge in [-0.2, -0.15) is 0 Å². The zero-order valence-corrected chi connectivity index (χ0v) is 7.92. The standard InChI is InChI=1S/C9H17NO2/c1-5-7(3)10-9(4,6-2)8(11)12/h5,7,10H,1,6H2,2-4H3,(H,11,12). The van der Waals surface area contributed by atoms with Gasteiger partial charge in [0.15, 0.2) is 0 Å². The summed E-state index contributed by atoms with van der Waals surface area (Å²) < 4.78 is 0. The van der Waals surface area contributed by atoms with Crippen LogP contribution >= 0.6 is 0 Å². The lowest BCUT2D eigenvalue weighted by molar-refractivity contribution is -0.144. The van der Waals surface area contributed by atoms with Crippen LogP contribution in [0, 0.1) is 0 Å². The molecule has 0 saturated heterocycles. The molecule has 70 valence electrons. The second kappa shape index (κ2) is 4.26. The van der Waals surface area contributed by atoms with Crippen LogP contribution in [0.2, 0.25) is 0 Å².